The molecule has 0 aliphatic rings. The van der Waals surface area contributed by atoms with Crippen molar-refractivity contribution in [2.75, 3.05) is 0 Å². The number of aliphatic hydroxyl groups excluding tert-OH is 1. The second-order valence-electron chi connectivity index (χ2n) is 4.25. The molecule has 94 valence electrons. The number of aliphatic hydroxyl groups is 1. The van der Waals surface area contributed by atoms with Gasteiger partial charge in [-0.1, -0.05) is 0 Å². The van der Waals surface area contributed by atoms with Crippen LogP contribution in [0.2, 0.25) is 0 Å². The molecule has 3 aromatic rings. The number of imidazole rings is 1. The summed E-state index contributed by atoms with van der Waals surface area (Å²) in [6.07, 6.45) is 4.70. The normalized spacial score (nSPS) is 13.2. The second kappa shape index (κ2) is 4.79. The maximum atomic E-state index is 10.0. The summed E-state index contributed by atoms with van der Waals surface area (Å²) < 4.78 is 1.99. The first-order valence-electron chi connectivity index (χ1n) is 5.71. The molecule has 0 aromatic carbocycles. The molecular weight excluding hydrogens is 266 g/mol. The number of thiazole rings is 2. The highest BCUT2D eigenvalue weighted by molar-refractivity contribution is 7.15. The van der Waals surface area contributed by atoms with Crippen LogP contribution in [-0.4, -0.2) is 25.6 Å². The van der Waals surface area contributed by atoms with Crippen molar-refractivity contribution in [2.24, 2.45) is 0 Å². The van der Waals surface area contributed by atoms with E-state index >= 15 is 0 Å². The highest BCUT2D eigenvalue weighted by atomic mass is 32.1. The van der Waals surface area contributed by atoms with E-state index in [-0.39, 0.29) is 0 Å². The molecule has 0 aliphatic carbocycles. The zero-order valence-electron chi connectivity index (χ0n) is 9.91. The topological polar surface area (TPSA) is 50.4 Å². The van der Waals surface area contributed by atoms with Crippen molar-refractivity contribution in [1.29, 1.82) is 0 Å². The van der Waals surface area contributed by atoms with Gasteiger partial charge in [0.25, 0.3) is 0 Å². The smallest absolute Gasteiger partial charge is 0.193 e. The molecule has 18 heavy (non-hydrogen) atoms. The first kappa shape index (κ1) is 11.8. The zero-order chi connectivity index (χ0) is 12.5. The van der Waals surface area contributed by atoms with Gasteiger partial charge in [0, 0.05) is 36.0 Å². The van der Waals surface area contributed by atoms with E-state index in [4.69, 9.17) is 0 Å². The number of rotatable bonds is 4. The minimum absolute atomic E-state index is 0.420. The third kappa shape index (κ3) is 2.45. The van der Waals surface area contributed by atoms with Crippen molar-refractivity contribution >= 4 is 27.6 Å². The molecule has 3 aromatic heterocycles. The lowest BCUT2D eigenvalue weighted by molar-refractivity contribution is 0.173. The number of hydrogen-bond donors (Lipinski definition) is 1. The fourth-order valence-corrected chi connectivity index (χ4v) is 3.28. The summed E-state index contributed by atoms with van der Waals surface area (Å²) in [6, 6.07) is 0. The molecule has 3 heterocycles. The lowest BCUT2D eigenvalue weighted by Gasteiger charge is -2.06. The van der Waals surface area contributed by atoms with E-state index in [0.717, 1.165) is 21.4 Å². The van der Waals surface area contributed by atoms with Crippen LogP contribution in [-0.2, 0) is 12.8 Å². The van der Waals surface area contributed by atoms with E-state index in [2.05, 4.69) is 9.97 Å². The quantitative estimate of drug-likeness (QED) is 0.797. The summed E-state index contributed by atoms with van der Waals surface area (Å²) in [7, 11) is 0. The lowest BCUT2D eigenvalue weighted by Crippen LogP contribution is -2.14. The van der Waals surface area contributed by atoms with E-state index in [1.807, 2.05) is 34.5 Å². The van der Waals surface area contributed by atoms with Crippen molar-refractivity contribution in [2.45, 2.75) is 25.9 Å². The van der Waals surface area contributed by atoms with Crippen LogP contribution in [0.1, 0.15) is 16.4 Å². The summed E-state index contributed by atoms with van der Waals surface area (Å²) in [6.45, 7) is 1.98. The zero-order valence-corrected chi connectivity index (χ0v) is 11.5. The first-order chi connectivity index (χ1) is 8.70. The predicted molar refractivity (Wildman–Crippen MR) is 73.3 cm³/mol. The summed E-state index contributed by atoms with van der Waals surface area (Å²) in [5, 5.41) is 15.1. The van der Waals surface area contributed by atoms with E-state index in [1.165, 1.54) is 0 Å². The molecule has 1 N–H and O–H groups in total. The second-order valence-corrected chi connectivity index (χ2v) is 6.18. The highest BCUT2D eigenvalue weighted by Gasteiger charge is 2.11. The molecule has 3 rings (SSSR count). The average molecular weight is 279 g/mol. The van der Waals surface area contributed by atoms with Crippen LogP contribution in [0.15, 0.2) is 23.2 Å². The van der Waals surface area contributed by atoms with Gasteiger partial charge in [-0.05, 0) is 6.92 Å². The van der Waals surface area contributed by atoms with E-state index in [0.29, 0.717) is 12.8 Å². The van der Waals surface area contributed by atoms with Crippen LogP contribution >= 0.6 is 22.7 Å². The van der Waals surface area contributed by atoms with E-state index < -0.39 is 6.10 Å². The molecule has 6 heteroatoms. The van der Waals surface area contributed by atoms with E-state index in [1.54, 1.807) is 22.7 Å². The predicted octanol–water partition coefficient (Wildman–Crippen LogP) is 2.31. The third-order valence-electron chi connectivity index (χ3n) is 2.70. The lowest BCUT2D eigenvalue weighted by atomic mass is 10.1. The summed E-state index contributed by atoms with van der Waals surface area (Å²) in [4.78, 5) is 9.80. The Balaban J connectivity index is 1.67. The van der Waals surface area contributed by atoms with Gasteiger partial charge in [-0.15, -0.1) is 22.7 Å². The maximum Gasteiger partial charge on any atom is 0.193 e. The Morgan fingerprint density at radius 3 is 2.83 bits per heavy atom. The Bertz CT molecular complexity index is 626. The Morgan fingerprint density at radius 2 is 2.11 bits per heavy atom. The molecule has 0 bridgehead atoms. The van der Waals surface area contributed by atoms with Gasteiger partial charge in [0.15, 0.2) is 4.96 Å². The van der Waals surface area contributed by atoms with Gasteiger partial charge in [-0.25, -0.2) is 9.97 Å². The van der Waals surface area contributed by atoms with E-state index in [9.17, 15) is 5.11 Å². The fourth-order valence-electron chi connectivity index (χ4n) is 1.93. The number of fused-ring (bicyclic) bond motifs is 1. The monoisotopic (exact) mass is 279 g/mol. The first-order valence-corrected chi connectivity index (χ1v) is 7.47. The van der Waals surface area contributed by atoms with Gasteiger partial charge in [0.1, 0.15) is 0 Å². The Hall–Kier alpha value is -1.24. The Kier molecular flexibility index (Phi) is 3.15. The number of aryl methyl sites for hydroxylation is 1. The molecular formula is C12H13N3OS2. The maximum absolute atomic E-state index is 10.0. The summed E-state index contributed by atoms with van der Waals surface area (Å²) in [5.41, 5.74) is 1.90. The fraction of sp³-hybridized carbons (Fsp3) is 0.333. The number of nitrogens with zero attached hydrogens (tertiary/aromatic N) is 3. The van der Waals surface area contributed by atoms with Crippen LogP contribution in [0, 0.1) is 6.92 Å². The summed E-state index contributed by atoms with van der Waals surface area (Å²) in [5.74, 6) is 0. The van der Waals surface area contributed by atoms with Gasteiger partial charge in [0.05, 0.1) is 22.5 Å². The SMILES string of the molecule is Cc1nc(CC(O)Cc2cn3ccsc3n2)cs1. The minimum Gasteiger partial charge on any atom is -0.392 e. The van der Waals surface area contributed by atoms with Crippen molar-refractivity contribution in [3.8, 4) is 0 Å². The van der Waals surface area contributed by atoms with Crippen LogP contribution in [0.4, 0.5) is 0 Å². The van der Waals surface area contributed by atoms with Crippen LogP contribution in [0.25, 0.3) is 4.96 Å². The molecule has 0 aliphatic heterocycles. The Morgan fingerprint density at radius 1 is 1.28 bits per heavy atom. The van der Waals surface area contributed by atoms with Crippen LogP contribution in [0.5, 0.6) is 0 Å². The van der Waals surface area contributed by atoms with Crippen molar-refractivity contribution < 1.29 is 5.11 Å². The summed E-state index contributed by atoms with van der Waals surface area (Å²) >= 11 is 3.22. The minimum atomic E-state index is -0.420. The Labute approximate surface area is 113 Å². The van der Waals surface area contributed by atoms with Crippen molar-refractivity contribution in [1.82, 2.24) is 14.4 Å². The van der Waals surface area contributed by atoms with Crippen molar-refractivity contribution in [3.63, 3.8) is 0 Å². The molecule has 0 saturated heterocycles. The number of aromatic nitrogens is 3. The molecule has 0 saturated carbocycles. The van der Waals surface area contributed by atoms with Gasteiger partial charge in [-0.2, -0.15) is 0 Å². The molecule has 0 radical (unpaired) electrons. The average Bonchev–Trinajstić information content (AvgIpc) is 2.94. The largest absolute Gasteiger partial charge is 0.392 e. The van der Waals surface area contributed by atoms with Crippen molar-refractivity contribution in [3.05, 3.63) is 39.5 Å². The molecule has 0 amide bonds. The molecule has 1 atom stereocenters. The highest BCUT2D eigenvalue weighted by Crippen LogP contribution is 2.15. The van der Waals surface area contributed by atoms with Gasteiger partial charge in [0.2, 0.25) is 0 Å². The molecule has 0 fully saturated rings. The number of hydrogen-bond acceptors (Lipinski definition) is 5. The third-order valence-corrected chi connectivity index (χ3v) is 4.29. The van der Waals surface area contributed by atoms with Crippen LogP contribution < -0.4 is 0 Å². The molecule has 0 spiro atoms. The molecule has 4 nitrogen and oxygen atoms in total. The standard InChI is InChI=1S/C12H13N3OS2/c1-8-13-10(7-18-8)5-11(16)4-9-6-15-2-3-17-12(15)14-9/h2-3,6-7,11,16H,4-5H2,1H3. The van der Waals surface area contributed by atoms with Gasteiger partial charge in [-0.3, -0.25) is 4.40 Å². The van der Waals surface area contributed by atoms with Gasteiger partial charge >= 0.3 is 0 Å². The van der Waals surface area contributed by atoms with Crippen LogP contribution in [0.3, 0.4) is 0 Å². The molecule has 1 unspecified atom stereocenters. The van der Waals surface area contributed by atoms with Gasteiger partial charge < -0.3 is 5.11 Å².